The molecule has 0 aliphatic heterocycles. The van der Waals surface area contributed by atoms with Gasteiger partial charge in [0, 0.05) is 19.4 Å². The maximum atomic E-state index is 12.6. The lowest BCUT2D eigenvalue weighted by Crippen LogP contribution is -2.43. The van der Waals surface area contributed by atoms with Gasteiger partial charge in [-0.1, -0.05) is 50.6 Å². The Kier molecular flexibility index (Phi) is 5.54. The van der Waals surface area contributed by atoms with Gasteiger partial charge in [0.2, 0.25) is 0 Å². The Morgan fingerprint density at radius 2 is 2.04 bits per heavy atom. The number of amides is 2. The predicted molar refractivity (Wildman–Crippen MR) is 95.4 cm³/mol. The van der Waals surface area contributed by atoms with E-state index in [1.165, 1.54) is 5.56 Å². The second kappa shape index (κ2) is 7.43. The third kappa shape index (κ3) is 4.78. The molecule has 2 aromatic rings. The molecule has 5 nitrogen and oxygen atoms in total. The maximum absolute atomic E-state index is 12.6. The number of benzene rings is 1. The molecule has 0 saturated carbocycles. The van der Waals surface area contributed by atoms with Crippen LogP contribution < -0.4 is 5.32 Å². The first kappa shape index (κ1) is 17.9. The van der Waals surface area contributed by atoms with Crippen molar-refractivity contribution >= 4 is 6.03 Å². The van der Waals surface area contributed by atoms with Crippen LogP contribution in [-0.4, -0.2) is 27.9 Å². The highest BCUT2D eigenvalue weighted by Gasteiger charge is 2.29. The Labute approximate surface area is 144 Å². The third-order valence-electron chi connectivity index (χ3n) is 3.87. The Balaban J connectivity index is 2.13. The highest BCUT2D eigenvalue weighted by Crippen LogP contribution is 2.33. The predicted octanol–water partition coefficient (Wildman–Crippen LogP) is 3.71. The van der Waals surface area contributed by atoms with E-state index in [-0.39, 0.29) is 17.5 Å². The van der Waals surface area contributed by atoms with Crippen molar-refractivity contribution < 1.29 is 4.79 Å². The van der Waals surface area contributed by atoms with E-state index in [4.69, 9.17) is 0 Å². The van der Waals surface area contributed by atoms with Crippen LogP contribution in [0, 0.1) is 12.3 Å². The molecule has 1 atom stereocenters. The average Bonchev–Trinajstić information content (AvgIpc) is 2.52. The van der Waals surface area contributed by atoms with Crippen LogP contribution >= 0.6 is 0 Å². The monoisotopic (exact) mass is 326 g/mol. The van der Waals surface area contributed by atoms with Crippen molar-refractivity contribution in [3.05, 3.63) is 59.7 Å². The fourth-order valence-corrected chi connectivity index (χ4v) is 2.61. The molecule has 0 unspecified atom stereocenters. The number of carbonyl (C=O) groups is 1. The van der Waals surface area contributed by atoms with Gasteiger partial charge in [0.1, 0.15) is 0 Å². The van der Waals surface area contributed by atoms with E-state index in [9.17, 15) is 4.79 Å². The molecule has 2 amide bonds. The molecule has 0 aliphatic rings. The lowest BCUT2D eigenvalue weighted by atomic mass is 9.82. The van der Waals surface area contributed by atoms with Crippen molar-refractivity contribution in [2.75, 3.05) is 7.05 Å². The molecule has 1 aromatic heterocycles. The lowest BCUT2D eigenvalue weighted by molar-refractivity contribution is 0.187. The maximum Gasteiger partial charge on any atom is 0.317 e. The van der Waals surface area contributed by atoms with Gasteiger partial charge in [-0.05, 0) is 17.9 Å². The molecule has 128 valence electrons. The third-order valence-corrected chi connectivity index (χ3v) is 3.87. The van der Waals surface area contributed by atoms with Crippen molar-refractivity contribution in [1.82, 2.24) is 20.2 Å². The Bertz CT molecular complexity index is 679. The van der Waals surface area contributed by atoms with Crippen LogP contribution in [0.15, 0.2) is 42.9 Å². The molecule has 0 radical (unpaired) electrons. The highest BCUT2D eigenvalue weighted by atomic mass is 16.2. The summed E-state index contributed by atoms with van der Waals surface area (Å²) >= 11 is 0. The molecule has 0 bridgehead atoms. The minimum atomic E-state index is -0.123. The second-order valence-corrected chi connectivity index (χ2v) is 7.22. The minimum absolute atomic E-state index is 0.0748. The van der Waals surface area contributed by atoms with Crippen LogP contribution in [-0.2, 0) is 6.54 Å². The number of aromatic nitrogens is 2. The molecule has 24 heavy (non-hydrogen) atoms. The van der Waals surface area contributed by atoms with Gasteiger partial charge in [0.25, 0.3) is 0 Å². The summed E-state index contributed by atoms with van der Waals surface area (Å²) in [6.45, 7) is 8.87. The summed E-state index contributed by atoms with van der Waals surface area (Å²) in [5.41, 5.74) is 2.96. The molecule has 1 aromatic carbocycles. The van der Waals surface area contributed by atoms with Gasteiger partial charge < -0.3 is 10.2 Å². The van der Waals surface area contributed by atoms with Crippen LogP contribution in [0.2, 0.25) is 0 Å². The van der Waals surface area contributed by atoms with Crippen LogP contribution in [0.1, 0.15) is 43.6 Å². The van der Waals surface area contributed by atoms with Gasteiger partial charge in [-0.2, -0.15) is 0 Å². The van der Waals surface area contributed by atoms with Gasteiger partial charge in [-0.3, -0.25) is 9.97 Å². The molecule has 5 heteroatoms. The number of aryl methyl sites for hydroxylation is 1. The number of urea groups is 1. The van der Waals surface area contributed by atoms with Gasteiger partial charge in [-0.15, -0.1) is 0 Å². The second-order valence-electron chi connectivity index (χ2n) is 7.22. The molecular formula is C19H26N4O. The summed E-state index contributed by atoms with van der Waals surface area (Å²) < 4.78 is 0. The molecule has 2 rings (SSSR count). The Morgan fingerprint density at radius 3 is 2.62 bits per heavy atom. The molecule has 0 spiro atoms. The van der Waals surface area contributed by atoms with E-state index in [1.807, 2.05) is 6.07 Å². The van der Waals surface area contributed by atoms with Gasteiger partial charge in [0.05, 0.1) is 24.5 Å². The van der Waals surface area contributed by atoms with Crippen molar-refractivity contribution in [2.24, 2.45) is 5.41 Å². The summed E-state index contributed by atoms with van der Waals surface area (Å²) in [6, 6.07) is 8.07. The van der Waals surface area contributed by atoms with Crippen molar-refractivity contribution in [3.8, 4) is 0 Å². The molecular weight excluding hydrogens is 300 g/mol. The normalized spacial score (nSPS) is 12.5. The van der Waals surface area contributed by atoms with Crippen LogP contribution in [0.5, 0.6) is 0 Å². The van der Waals surface area contributed by atoms with Gasteiger partial charge >= 0.3 is 6.03 Å². The number of carbonyl (C=O) groups excluding carboxylic acids is 1. The molecule has 1 N–H and O–H groups in total. The lowest BCUT2D eigenvalue weighted by Gasteiger charge is -2.33. The Morgan fingerprint density at radius 1 is 1.29 bits per heavy atom. The highest BCUT2D eigenvalue weighted by molar-refractivity contribution is 5.74. The van der Waals surface area contributed by atoms with Crippen LogP contribution in [0.3, 0.4) is 0 Å². The SMILES string of the molecule is Cc1cccc([C@H](NC(=O)N(C)Cc2cnccn2)C(C)(C)C)c1. The summed E-state index contributed by atoms with van der Waals surface area (Å²) in [5, 5.41) is 3.16. The van der Waals surface area contributed by atoms with E-state index < -0.39 is 0 Å². The molecule has 0 aliphatic carbocycles. The largest absolute Gasteiger partial charge is 0.331 e. The fourth-order valence-electron chi connectivity index (χ4n) is 2.61. The standard InChI is InChI=1S/C19H26N4O/c1-14-7-6-8-15(11-14)17(19(2,3)4)22-18(24)23(5)13-16-12-20-9-10-21-16/h6-12,17H,13H2,1-5H3,(H,22,24)/t17-/m0/s1. The molecule has 0 fully saturated rings. The van der Waals surface area contributed by atoms with Gasteiger partial charge in [0.15, 0.2) is 0 Å². The topological polar surface area (TPSA) is 58.1 Å². The van der Waals surface area contributed by atoms with Crippen molar-refractivity contribution in [2.45, 2.75) is 40.3 Å². The quantitative estimate of drug-likeness (QED) is 0.931. The zero-order valence-electron chi connectivity index (χ0n) is 15.1. The van der Waals surface area contributed by atoms with Crippen molar-refractivity contribution in [1.29, 1.82) is 0 Å². The van der Waals surface area contributed by atoms with E-state index in [1.54, 1.807) is 30.5 Å². The van der Waals surface area contributed by atoms with Gasteiger partial charge in [-0.25, -0.2) is 4.79 Å². The smallest absolute Gasteiger partial charge is 0.317 e. The summed E-state index contributed by atoms with van der Waals surface area (Å²) in [5.74, 6) is 0. The molecule has 0 saturated heterocycles. The first-order valence-corrected chi connectivity index (χ1v) is 8.10. The number of hydrogen-bond acceptors (Lipinski definition) is 3. The van der Waals surface area contributed by atoms with Crippen molar-refractivity contribution in [3.63, 3.8) is 0 Å². The fraction of sp³-hybridized carbons (Fsp3) is 0.421. The molecule has 1 heterocycles. The summed E-state index contributed by atoms with van der Waals surface area (Å²) in [4.78, 5) is 22.5. The summed E-state index contributed by atoms with van der Waals surface area (Å²) in [6.07, 6.45) is 4.92. The van der Waals surface area contributed by atoms with E-state index in [0.717, 1.165) is 11.3 Å². The zero-order valence-corrected chi connectivity index (χ0v) is 15.1. The first-order valence-electron chi connectivity index (χ1n) is 8.10. The van der Waals surface area contributed by atoms with Crippen LogP contribution in [0.4, 0.5) is 4.79 Å². The number of rotatable bonds is 4. The average molecular weight is 326 g/mol. The number of nitrogens with one attached hydrogen (secondary N) is 1. The van der Waals surface area contributed by atoms with E-state index >= 15 is 0 Å². The van der Waals surface area contributed by atoms with E-state index in [2.05, 4.69) is 61.2 Å². The summed E-state index contributed by atoms with van der Waals surface area (Å²) in [7, 11) is 1.76. The number of nitrogens with zero attached hydrogens (tertiary/aromatic N) is 3. The minimum Gasteiger partial charge on any atom is -0.331 e. The number of hydrogen-bond donors (Lipinski definition) is 1. The zero-order chi connectivity index (χ0) is 17.7. The van der Waals surface area contributed by atoms with E-state index in [0.29, 0.717) is 6.54 Å². The Hall–Kier alpha value is -2.43. The first-order chi connectivity index (χ1) is 11.3. The van der Waals surface area contributed by atoms with Crippen LogP contribution in [0.25, 0.3) is 0 Å².